The van der Waals surface area contributed by atoms with E-state index in [4.69, 9.17) is 9.84 Å². The van der Waals surface area contributed by atoms with Crippen LogP contribution in [0.3, 0.4) is 0 Å². The van der Waals surface area contributed by atoms with Crippen molar-refractivity contribution in [3.05, 3.63) is 77.9 Å². The van der Waals surface area contributed by atoms with Gasteiger partial charge in [-0.3, -0.25) is 14.4 Å². The van der Waals surface area contributed by atoms with Gasteiger partial charge in [-0.25, -0.2) is 0 Å². The molecule has 150 valence electrons. The van der Waals surface area contributed by atoms with Gasteiger partial charge >= 0.3 is 11.9 Å². The maximum Gasteiger partial charge on any atom is 0.309 e. The fraction of sp³-hybridized carbons (Fsp3) is 0.292. The first-order valence-electron chi connectivity index (χ1n) is 9.76. The van der Waals surface area contributed by atoms with Crippen LogP contribution in [0, 0.1) is 11.8 Å². The highest BCUT2D eigenvalue weighted by atomic mass is 16.5. The van der Waals surface area contributed by atoms with E-state index in [9.17, 15) is 14.4 Å². The fourth-order valence-electron chi connectivity index (χ4n) is 3.48. The zero-order valence-corrected chi connectivity index (χ0v) is 16.1. The van der Waals surface area contributed by atoms with E-state index < -0.39 is 5.97 Å². The summed E-state index contributed by atoms with van der Waals surface area (Å²) >= 11 is 0. The van der Waals surface area contributed by atoms with Crippen molar-refractivity contribution >= 4 is 23.3 Å². The molecule has 2 atom stereocenters. The summed E-state index contributed by atoms with van der Waals surface area (Å²) in [5.41, 5.74) is 2.98. The highest BCUT2D eigenvalue weighted by Crippen LogP contribution is 2.32. The number of esters is 1. The van der Waals surface area contributed by atoms with Gasteiger partial charge in [0.05, 0.1) is 18.4 Å². The summed E-state index contributed by atoms with van der Waals surface area (Å²) in [6, 6.07) is 19.0. The number of hydrogen-bond donors (Lipinski definition) is 1. The molecule has 0 spiro atoms. The van der Waals surface area contributed by atoms with Crippen molar-refractivity contribution in [1.29, 1.82) is 0 Å². The summed E-state index contributed by atoms with van der Waals surface area (Å²) in [5.74, 6) is -1.37. The summed E-state index contributed by atoms with van der Waals surface area (Å²) in [6.45, 7) is 0.450. The molecule has 4 rings (SSSR count). The van der Waals surface area contributed by atoms with Crippen LogP contribution in [0.2, 0.25) is 0 Å². The van der Waals surface area contributed by atoms with Crippen LogP contribution >= 0.6 is 0 Å². The molecule has 0 radical (unpaired) electrons. The topological polar surface area (TPSA) is 80.7 Å². The molecule has 0 amide bonds. The molecule has 1 saturated heterocycles. The molecule has 2 unspecified atom stereocenters. The van der Waals surface area contributed by atoms with Crippen LogP contribution in [0.4, 0.5) is 0 Å². The number of cyclic esters (lactones) is 1. The lowest BCUT2D eigenvalue weighted by molar-refractivity contribution is -0.142. The predicted molar refractivity (Wildman–Crippen MR) is 109 cm³/mol. The van der Waals surface area contributed by atoms with Crippen molar-refractivity contribution < 1.29 is 24.2 Å². The molecule has 0 saturated carbocycles. The van der Waals surface area contributed by atoms with Gasteiger partial charge < -0.3 is 9.84 Å². The SMILES string of the molecule is O=C(CC1CCOC1=O)c1ccccc1.O=C(O)C1CC=C(c2ccccc2)C1. The molecule has 2 aromatic rings. The van der Waals surface area contributed by atoms with E-state index in [1.54, 1.807) is 12.1 Å². The Hall–Kier alpha value is -3.21. The Morgan fingerprint density at radius 1 is 1.00 bits per heavy atom. The second kappa shape index (κ2) is 9.82. The van der Waals surface area contributed by atoms with E-state index in [0.717, 1.165) is 11.1 Å². The number of rotatable bonds is 5. The number of carboxylic acids is 1. The van der Waals surface area contributed by atoms with Gasteiger partial charge in [0.25, 0.3) is 0 Å². The van der Waals surface area contributed by atoms with Crippen molar-refractivity contribution in [2.75, 3.05) is 6.61 Å². The van der Waals surface area contributed by atoms with E-state index in [1.807, 2.05) is 54.6 Å². The van der Waals surface area contributed by atoms with Gasteiger partial charge in [-0.15, -0.1) is 0 Å². The zero-order chi connectivity index (χ0) is 20.6. The van der Waals surface area contributed by atoms with Gasteiger partial charge in [0.2, 0.25) is 0 Å². The van der Waals surface area contributed by atoms with Crippen molar-refractivity contribution in [3.63, 3.8) is 0 Å². The van der Waals surface area contributed by atoms with Crippen LogP contribution in [0.1, 0.15) is 41.6 Å². The van der Waals surface area contributed by atoms with E-state index in [1.165, 1.54) is 0 Å². The molecule has 0 bridgehead atoms. The average Bonchev–Trinajstić information content (AvgIpc) is 3.40. The molecule has 1 heterocycles. The first kappa shape index (κ1) is 20.5. The molecule has 29 heavy (non-hydrogen) atoms. The number of benzene rings is 2. The molecular formula is C24H24O5. The number of carboxylic acid groups (broad SMARTS) is 1. The number of Topliss-reactive ketones (excluding diaryl/α,β-unsaturated/α-hetero) is 1. The number of carbonyl (C=O) groups is 3. The van der Waals surface area contributed by atoms with Gasteiger partial charge in [-0.1, -0.05) is 66.7 Å². The van der Waals surface area contributed by atoms with Gasteiger partial charge in [-0.2, -0.15) is 0 Å². The third-order valence-electron chi connectivity index (χ3n) is 5.18. The maximum atomic E-state index is 11.7. The Bertz CT molecular complexity index is 886. The summed E-state index contributed by atoms with van der Waals surface area (Å²) in [7, 11) is 0. The molecule has 1 aliphatic heterocycles. The molecule has 1 aliphatic carbocycles. The third-order valence-corrected chi connectivity index (χ3v) is 5.18. The largest absolute Gasteiger partial charge is 0.481 e. The summed E-state index contributed by atoms with van der Waals surface area (Å²) < 4.78 is 4.81. The van der Waals surface area contributed by atoms with Crippen LogP contribution < -0.4 is 0 Å². The maximum absolute atomic E-state index is 11.7. The molecule has 0 aromatic heterocycles. The zero-order valence-electron chi connectivity index (χ0n) is 16.1. The summed E-state index contributed by atoms with van der Waals surface area (Å²) in [4.78, 5) is 33.7. The lowest BCUT2D eigenvalue weighted by atomic mass is 9.97. The van der Waals surface area contributed by atoms with Crippen LogP contribution in [-0.2, 0) is 14.3 Å². The highest BCUT2D eigenvalue weighted by Gasteiger charge is 2.28. The molecule has 1 N–H and O–H groups in total. The van der Waals surface area contributed by atoms with E-state index in [0.29, 0.717) is 31.4 Å². The minimum Gasteiger partial charge on any atom is -0.481 e. The van der Waals surface area contributed by atoms with Crippen LogP contribution in [0.25, 0.3) is 5.57 Å². The minimum absolute atomic E-state index is 0.0134. The summed E-state index contributed by atoms with van der Waals surface area (Å²) in [6.07, 6.45) is 4.30. The van der Waals surface area contributed by atoms with E-state index >= 15 is 0 Å². The molecule has 2 aromatic carbocycles. The monoisotopic (exact) mass is 392 g/mol. The van der Waals surface area contributed by atoms with Crippen LogP contribution in [0.5, 0.6) is 0 Å². The first-order chi connectivity index (χ1) is 14.0. The normalized spacial score (nSPS) is 20.3. The lowest BCUT2D eigenvalue weighted by Crippen LogP contribution is -2.13. The Morgan fingerprint density at radius 3 is 2.21 bits per heavy atom. The molecular weight excluding hydrogens is 368 g/mol. The number of ether oxygens (including phenoxy) is 1. The average molecular weight is 392 g/mol. The van der Waals surface area contributed by atoms with Gasteiger partial charge in [0, 0.05) is 12.0 Å². The Labute approximate surface area is 170 Å². The quantitative estimate of drug-likeness (QED) is 0.603. The fourth-order valence-corrected chi connectivity index (χ4v) is 3.48. The van der Waals surface area contributed by atoms with Crippen molar-refractivity contribution in [2.45, 2.75) is 25.7 Å². The van der Waals surface area contributed by atoms with Crippen LogP contribution in [-0.4, -0.2) is 29.4 Å². The first-order valence-corrected chi connectivity index (χ1v) is 9.76. The second-order valence-electron chi connectivity index (χ2n) is 7.22. The second-order valence-corrected chi connectivity index (χ2v) is 7.22. The smallest absolute Gasteiger partial charge is 0.309 e. The number of allylic oxidation sites excluding steroid dienone is 2. The van der Waals surface area contributed by atoms with Gasteiger partial charge in [0.1, 0.15) is 0 Å². The number of hydrogen-bond acceptors (Lipinski definition) is 4. The number of ketones is 1. The van der Waals surface area contributed by atoms with Crippen molar-refractivity contribution in [2.24, 2.45) is 11.8 Å². The van der Waals surface area contributed by atoms with Gasteiger partial charge in [0.15, 0.2) is 5.78 Å². The highest BCUT2D eigenvalue weighted by molar-refractivity contribution is 5.98. The Balaban J connectivity index is 0.000000166. The van der Waals surface area contributed by atoms with Gasteiger partial charge in [-0.05, 0) is 30.4 Å². The molecule has 2 aliphatic rings. The lowest BCUT2D eigenvalue weighted by Gasteiger charge is -2.04. The molecule has 1 fully saturated rings. The standard InChI is InChI=1S/C12H12O3.C12H12O2/c13-11(9-4-2-1-3-5-9)8-10-6-7-15-12(10)14;13-12(14)11-7-6-10(8-11)9-4-2-1-3-5-9/h1-5,10H,6-8H2;1-6,11H,7-8H2,(H,13,14). The van der Waals surface area contributed by atoms with E-state index in [-0.39, 0.29) is 30.0 Å². The number of carbonyl (C=O) groups excluding carboxylic acids is 2. The third kappa shape index (κ3) is 5.64. The molecule has 5 nitrogen and oxygen atoms in total. The Kier molecular flexibility index (Phi) is 6.95. The van der Waals surface area contributed by atoms with Crippen molar-refractivity contribution in [1.82, 2.24) is 0 Å². The molecule has 5 heteroatoms. The van der Waals surface area contributed by atoms with Crippen molar-refractivity contribution in [3.8, 4) is 0 Å². The van der Waals surface area contributed by atoms with E-state index in [2.05, 4.69) is 0 Å². The predicted octanol–water partition coefficient (Wildman–Crippen LogP) is 4.39. The number of aliphatic carboxylic acids is 1. The Morgan fingerprint density at radius 2 is 1.66 bits per heavy atom. The van der Waals surface area contributed by atoms with Crippen LogP contribution in [0.15, 0.2) is 66.7 Å². The summed E-state index contributed by atoms with van der Waals surface area (Å²) in [5, 5.41) is 8.84. The minimum atomic E-state index is -0.688.